The molecular formula is C17H18N4O4. The van der Waals surface area contributed by atoms with Crippen LogP contribution in [0.5, 0.6) is 11.5 Å². The van der Waals surface area contributed by atoms with E-state index in [1.807, 2.05) is 13.8 Å². The Hall–Kier alpha value is -3.29. The van der Waals surface area contributed by atoms with Crippen LogP contribution in [-0.2, 0) is 6.54 Å². The summed E-state index contributed by atoms with van der Waals surface area (Å²) in [5.41, 5.74) is 2.39. The second kappa shape index (κ2) is 6.68. The van der Waals surface area contributed by atoms with Crippen LogP contribution in [0.3, 0.4) is 0 Å². The lowest BCUT2D eigenvalue weighted by molar-refractivity contribution is 0.102. The number of benzene rings is 1. The van der Waals surface area contributed by atoms with Gasteiger partial charge in [0.2, 0.25) is 0 Å². The number of carbonyl (C=O) groups is 1. The molecule has 2 aromatic heterocycles. The molecule has 2 heterocycles. The highest BCUT2D eigenvalue weighted by Crippen LogP contribution is 2.29. The lowest BCUT2D eigenvalue weighted by Crippen LogP contribution is -2.12. The van der Waals surface area contributed by atoms with Crippen molar-refractivity contribution < 1.29 is 19.2 Å². The SMILES string of the molecule is COc1cccc(C(=O)Nc2cnn(Cc3c(C)noc3C)c2)c1O. The summed E-state index contributed by atoms with van der Waals surface area (Å²) in [4.78, 5) is 12.3. The minimum Gasteiger partial charge on any atom is -0.504 e. The van der Waals surface area contributed by atoms with Gasteiger partial charge in [0, 0.05) is 11.8 Å². The normalized spacial score (nSPS) is 10.7. The Labute approximate surface area is 144 Å². The van der Waals surface area contributed by atoms with Crippen molar-refractivity contribution in [1.82, 2.24) is 14.9 Å². The highest BCUT2D eigenvalue weighted by molar-refractivity contribution is 6.06. The fraction of sp³-hybridized carbons (Fsp3) is 0.235. The van der Waals surface area contributed by atoms with E-state index in [4.69, 9.17) is 9.26 Å². The molecule has 1 aromatic carbocycles. The number of rotatable bonds is 5. The van der Waals surface area contributed by atoms with Crippen molar-refractivity contribution in [2.75, 3.05) is 12.4 Å². The zero-order valence-corrected chi connectivity index (χ0v) is 14.1. The molecule has 1 amide bonds. The Morgan fingerprint density at radius 3 is 2.88 bits per heavy atom. The molecule has 3 aromatic rings. The van der Waals surface area contributed by atoms with Gasteiger partial charge >= 0.3 is 0 Å². The number of aromatic nitrogens is 3. The number of carbonyl (C=O) groups excluding carboxylic acids is 1. The van der Waals surface area contributed by atoms with Crippen molar-refractivity contribution in [3.05, 3.63) is 53.2 Å². The van der Waals surface area contributed by atoms with Crippen LogP contribution in [0, 0.1) is 13.8 Å². The standard InChI is InChI=1S/C17H18N4O4/c1-10-14(11(2)25-20-10)9-21-8-12(7-18-21)19-17(23)13-5-4-6-15(24-3)16(13)22/h4-8,22H,9H2,1-3H3,(H,19,23). The van der Waals surface area contributed by atoms with Crippen LogP contribution < -0.4 is 10.1 Å². The van der Waals surface area contributed by atoms with Gasteiger partial charge in [0.05, 0.1) is 36.8 Å². The van der Waals surface area contributed by atoms with Gasteiger partial charge in [-0.05, 0) is 26.0 Å². The van der Waals surface area contributed by atoms with E-state index in [0.29, 0.717) is 12.2 Å². The average Bonchev–Trinajstić information content (AvgIpc) is 3.16. The summed E-state index contributed by atoms with van der Waals surface area (Å²) in [6, 6.07) is 4.73. The van der Waals surface area contributed by atoms with Gasteiger partial charge in [-0.2, -0.15) is 5.10 Å². The van der Waals surface area contributed by atoms with Gasteiger partial charge in [-0.1, -0.05) is 11.2 Å². The number of nitrogens with one attached hydrogen (secondary N) is 1. The van der Waals surface area contributed by atoms with Crippen molar-refractivity contribution in [1.29, 1.82) is 0 Å². The average molecular weight is 342 g/mol. The first-order valence-electron chi connectivity index (χ1n) is 7.61. The van der Waals surface area contributed by atoms with Crippen LogP contribution in [0.4, 0.5) is 5.69 Å². The van der Waals surface area contributed by atoms with Crippen LogP contribution in [0.15, 0.2) is 35.1 Å². The maximum atomic E-state index is 12.3. The number of methoxy groups -OCH3 is 1. The molecule has 25 heavy (non-hydrogen) atoms. The fourth-order valence-electron chi connectivity index (χ4n) is 2.47. The molecule has 0 fully saturated rings. The maximum Gasteiger partial charge on any atom is 0.259 e. The highest BCUT2D eigenvalue weighted by atomic mass is 16.5. The van der Waals surface area contributed by atoms with E-state index in [2.05, 4.69) is 15.6 Å². The number of para-hydroxylation sites is 1. The smallest absolute Gasteiger partial charge is 0.259 e. The second-order valence-electron chi connectivity index (χ2n) is 5.54. The van der Waals surface area contributed by atoms with Gasteiger partial charge < -0.3 is 19.7 Å². The maximum absolute atomic E-state index is 12.3. The highest BCUT2D eigenvalue weighted by Gasteiger charge is 2.16. The molecule has 0 saturated carbocycles. The third kappa shape index (κ3) is 3.32. The molecule has 0 atom stereocenters. The number of aromatic hydroxyl groups is 1. The van der Waals surface area contributed by atoms with Gasteiger partial charge in [-0.15, -0.1) is 0 Å². The number of amides is 1. The van der Waals surface area contributed by atoms with E-state index < -0.39 is 5.91 Å². The predicted molar refractivity (Wildman–Crippen MR) is 89.9 cm³/mol. The van der Waals surface area contributed by atoms with Gasteiger partial charge in [-0.25, -0.2) is 0 Å². The minimum atomic E-state index is -0.451. The Kier molecular flexibility index (Phi) is 4.42. The Morgan fingerprint density at radius 2 is 2.20 bits per heavy atom. The van der Waals surface area contributed by atoms with Gasteiger partial charge in [0.25, 0.3) is 5.91 Å². The van der Waals surface area contributed by atoms with Crippen LogP contribution >= 0.6 is 0 Å². The number of anilines is 1. The zero-order chi connectivity index (χ0) is 18.0. The van der Waals surface area contributed by atoms with Crippen molar-refractivity contribution in [3.8, 4) is 11.5 Å². The Morgan fingerprint density at radius 1 is 1.40 bits per heavy atom. The first-order chi connectivity index (χ1) is 12.0. The number of phenolic OH excluding ortho intramolecular Hbond substituents is 1. The van der Waals surface area contributed by atoms with E-state index >= 15 is 0 Å². The molecule has 3 rings (SSSR count). The van der Waals surface area contributed by atoms with Crippen molar-refractivity contribution in [2.45, 2.75) is 20.4 Å². The Balaban J connectivity index is 1.74. The van der Waals surface area contributed by atoms with Crippen LogP contribution in [0.25, 0.3) is 0 Å². The van der Waals surface area contributed by atoms with E-state index in [9.17, 15) is 9.90 Å². The number of ether oxygens (including phenoxy) is 1. The van der Waals surface area contributed by atoms with Crippen molar-refractivity contribution >= 4 is 11.6 Å². The number of nitrogens with zero attached hydrogens (tertiary/aromatic N) is 3. The third-order valence-corrected chi connectivity index (χ3v) is 3.86. The summed E-state index contributed by atoms with van der Waals surface area (Å²) in [6.07, 6.45) is 3.23. The number of aryl methyl sites for hydroxylation is 2. The topological polar surface area (TPSA) is 102 Å². The number of phenols is 1. The second-order valence-corrected chi connectivity index (χ2v) is 5.54. The van der Waals surface area contributed by atoms with E-state index in [1.165, 1.54) is 19.4 Å². The van der Waals surface area contributed by atoms with Gasteiger partial charge in [0.15, 0.2) is 11.5 Å². The third-order valence-electron chi connectivity index (χ3n) is 3.86. The number of hydrogen-bond acceptors (Lipinski definition) is 6. The first-order valence-corrected chi connectivity index (χ1v) is 7.61. The van der Waals surface area contributed by atoms with E-state index in [0.717, 1.165) is 17.0 Å². The van der Waals surface area contributed by atoms with Gasteiger partial charge in [-0.3, -0.25) is 9.48 Å². The summed E-state index contributed by atoms with van der Waals surface area (Å²) in [6.45, 7) is 4.19. The molecule has 0 spiro atoms. The lowest BCUT2D eigenvalue weighted by Gasteiger charge is -2.08. The van der Waals surface area contributed by atoms with Crippen molar-refractivity contribution in [2.24, 2.45) is 0 Å². The van der Waals surface area contributed by atoms with Crippen LogP contribution in [-0.4, -0.2) is 33.1 Å². The summed E-state index contributed by atoms with van der Waals surface area (Å²) >= 11 is 0. The number of hydrogen-bond donors (Lipinski definition) is 2. The Bertz CT molecular complexity index is 894. The first kappa shape index (κ1) is 16.6. The molecule has 0 aliphatic heterocycles. The molecule has 0 unspecified atom stereocenters. The fourth-order valence-corrected chi connectivity index (χ4v) is 2.47. The predicted octanol–water partition coefficient (Wildman–Crippen LogP) is 2.50. The molecule has 2 N–H and O–H groups in total. The largest absolute Gasteiger partial charge is 0.504 e. The van der Waals surface area contributed by atoms with Crippen molar-refractivity contribution in [3.63, 3.8) is 0 Å². The summed E-state index contributed by atoms with van der Waals surface area (Å²) < 4.78 is 11.8. The van der Waals surface area contributed by atoms with E-state index in [-0.39, 0.29) is 17.1 Å². The summed E-state index contributed by atoms with van der Waals surface area (Å²) in [5, 5.41) is 20.9. The molecule has 0 bridgehead atoms. The molecule has 0 aliphatic rings. The molecule has 0 saturated heterocycles. The zero-order valence-electron chi connectivity index (χ0n) is 14.1. The summed E-state index contributed by atoms with van der Waals surface area (Å²) in [7, 11) is 1.43. The lowest BCUT2D eigenvalue weighted by atomic mass is 10.1. The molecule has 0 radical (unpaired) electrons. The molecule has 0 aliphatic carbocycles. The van der Waals surface area contributed by atoms with Crippen LogP contribution in [0.1, 0.15) is 27.4 Å². The quantitative estimate of drug-likeness (QED) is 0.738. The van der Waals surface area contributed by atoms with Crippen LogP contribution in [0.2, 0.25) is 0 Å². The summed E-state index contributed by atoms with van der Waals surface area (Å²) in [5.74, 6) is 0.320. The molecule has 8 heteroatoms. The van der Waals surface area contributed by atoms with E-state index in [1.54, 1.807) is 23.0 Å². The minimum absolute atomic E-state index is 0.123. The molecule has 130 valence electrons. The molecular weight excluding hydrogens is 324 g/mol. The molecule has 8 nitrogen and oxygen atoms in total. The van der Waals surface area contributed by atoms with Gasteiger partial charge in [0.1, 0.15) is 5.76 Å². The monoisotopic (exact) mass is 342 g/mol.